The number of rotatable bonds is 9. The summed E-state index contributed by atoms with van der Waals surface area (Å²) >= 11 is 0. The molecule has 0 aliphatic heterocycles. The van der Waals surface area contributed by atoms with Gasteiger partial charge in [-0.1, -0.05) is 25.8 Å². The normalized spacial score (nSPS) is 11.6. The Kier molecular flexibility index (Phi) is 7.87. The Morgan fingerprint density at radius 3 is 2.50 bits per heavy atom. The molecule has 0 N–H and O–H groups in total. The van der Waals surface area contributed by atoms with Crippen molar-refractivity contribution in [1.29, 1.82) is 0 Å². The zero-order valence-corrected chi connectivity index (χ0v) is 10.1. The first-order chi connectivity index (χ1) is 6.62. The molecule has 1 heteroatoms. The molecule has 84 valence electrons. The van der Waals surface area contributed by atoms with Crippen molar-refractivity contribution in [2.75, 3.05) is 6.61 Å². The number of hydrogen-bond donors (Lipinski definition) is 0. The number of allylic oxidation sites excluding steroid dienone is 1. The summed E-state index contributed by atoms with van der Waals surface area (Å²) < 4.78 is 5.77. The van der Waals surface area contributed by atoms with Crippen LogP contribution in [0.1, 0.15) is 59.3 Å². The lowest BCUT2D eigenvalue weighted by Gasteiger charge is -2.25. The van der Waals surface area contributed by atoms with E-state index in [-0.39, 0.29) is 5.60 Å². The van der Waals surface area contributed by atoms with E-state index in [1.807, 2.05) is 6.08 Å². The number of hydrogen-bond acceptors (Lipinski definition) is 1. The standard InChI is InChI=1S/C13H26O/c1-5-7-8-9-10-11-13(3,4)14-12-6-2/h5H,1,6-12H2,2-4H3. The third kappa shape index (κ3) is 8.31. The molecule has 0 saturated heterocycles. The van der Waals surface area contributed by atoms with E-state index in [1.54, 1.807) is 0 Å². The van der Waals surface area contributed by atoms with Crippen molar-refractivity contribution in [3.05, 3.63) is 12.7 Å². The predicted octanol–water partition coefficient (Wildman–Crippen LogP) is 4.33. The summed E-state index contributed by atoms with van der Waals surface area (Å²) in [6.45, 7) is 11.1. The highest BCUT2D eigenvalue weighted by atomic mass is 16.5. The van der Waals surface area contributed by atoms with Gasteiger partial charge in [0.2, 0.25) is 0 Å². The zero-order chi connectivity index (χ0) is 10.9. The van der Waals surface area contributed by atoms with Crippen LogP contribution < -0.4 is 0 Å². The van der Waals surface area contributed by atoms with Crippen molar-refractivity contribution < 1.29 is 4.74 Å². The van der Waals surface area contributed by atoms with Gasteiger partial charge in [0, 0.05) is 6.61 Å². The van der Waals surface area contributed by atoms with E-state index >= 15 is 0 Å². The molecule has 0 aromatic rings. The minimum atomic E-state index is 0.0736. The lowest BCUT2D eigenvalue weighted by Crippen LogP contribution is -2.24. The van der Waals surface area contributed by atoms with E-state index in [2.05, 4.69) is 27.4 Å². The molecule has 14 heavy (non-hydrogen) atoms. The molecular formula is C13H26O. The lowest BCUT2D eigenvalue weighted by molar-refractivity contribution is -0.0245. The van der Waals surface area contributed by atoms with Gasteiger partial charge in [0.15, 0.2) is 0 Å². The van der Waals surface area contributed by atoms with Gasteiger partial charge in [0.1, 0.15) is 0 Å². The molecule has 0 amide bonds. The molecule has 0 fully saturated rings. The van der Waals surface area contributed by atoms with Crippen molar-refractivity contribution in [2.45, 2.75) is 64.9 Å². The highest BCUT2D eigenvalue weighted by Crippen LogP contribution is 2.19. The SMILES string of the molecule is C=CCCCCCC(C)(C)OCCC. The Labute approximate surface area is 89.5 Å². The van der Waals surface area contributed by atoms with Crippen molar-refractivity contribution in [2.24, 2.45) is 0 Å². The van der Waals surface area contributed by atoms with Gasteiger partial charge in [0.05, 0.1) is 5.60 Å². The minimum absolute atomic E-state index is 0.0736. The highest BCUT2D eigenvalue weighted by Gasteiger charge is 2.16. The zero-order valence-electron chi connectivity index (χ0n) is 10.1. The molecule has 0 heterocycles. The summed E-state index contributed by atoms with van der Waals surface area (Å²) in [5.41, 5.74) is 0.0736. The minimum Gasteiger partial charge on any atom is -0.376 e. The molecule has 0 radical (unpaired) electrons. The van der Waals surface area contributed by atoms with Crippen LogP contribution in [0.5, 0.6) is 0 Å². The molecular weight excluding hydrogens is 172 g/mol. The average Bonchev–Trinajstić information content (AvgIpc) is 2.15. The van der Waals surface area contributed by atoms with Crippen LogP contribution in [0.4, 0.5) is 0 Å². The van der Waals surface area contributed by atoms with Gasteiger partial charge in [-0.3, -0.25) is 0 Å². The van der Waals surface area contributed by atoms with Crippen LogP contribution in [-0.4, -0.2) is 12.2 Å². The van der Waals surface area contributed by atoms with Gasteiger partial charge in [-0.05, 0) is 39.5 Å². The maximum absolute atomic E-state index is 5.77. The molecule has 0 aliphatic carbocycles. The molecule has 0 atom stereocenters. The van der Waals surface area contributed by atoms with Gasteiger partial charge < -0.3 is 4.74 Å². The second-order valence-corrected chi connectivity index (χ2v) is 4.50. The third-order valence-electron chi connectivity index (χ3n) is 2.38. The first-order valence-electron chi connectivity index (χ1n) is 5.87. The van der Waals surface area contributed by atoms with Crippen molar-refractivity contribution in [3.63, 3.8) is 0 Å². The van der Waals surface area contributed by atoms with Gasteiger partial charge in [-0.2, -0.15) is 0 Å². The second kappa shape index (κ2) is 8.05. The summed E-state index contributed by atoms with van der Waals surface area (Å²) in [5, 5.41) is 0. The molecule has 1 nitrogen and oxygen atoms in total. The number of unbranched alkanes of at least 4 members (excludes halogenated alkanes) is 3. The largest absolute Gasteiger partial charge is 0.376 e. The molecule has 0 bridgehead atoms. The maximum atomic E-state index is 5.77. The molecule has 0 spiro atoms. The smallest absolute Gasteiger partial charge is 0.0626 e. The van der Waals surface area contributed by atoms with Crippen LogP contribution in [0, 0.1) is 0 Å². The first-order valence-corrected chi connectivity index (χ1v) is 5.87. The summed E-state index contributed by atoms with van der Waals surface area (Å²) in [5.74, 6) is 0. The van der Waals surface area contributed by atoms with E-state index in [4.69, 9.17) is 4.74 Å². The summed E-state index contributed by atoms with van der Waals surface area (Å²) in [6, 6.07) is 0. The molecule has 0 aromatic carbocycles. The van der Waals surface area contributed by atoms with Gasteiger partial charge in [-0.25, -0.2) is 0 Å². The Bertz CT molecular complexity index is 138. The Morgan fingerprint density at radius 1 is 1.21 bits per heavy atom. The van der Waals surface area contributed by atoms with Crippen LogP contribution in [0.25, 0.3) is 0 Å². The average molecular weight is 198 g/mol. The molecule has 0 aromatic heterocycles. The fourth-order valence-electron chi connectivity index (χ4n) is 1.47. The van der Waals surface area contributed by atoms with E-state index in [1.165, 1.54) is 25.7 Å². The summed E-state index contributed by atoms with van der Waals surface area (Å²) in [6.07, 6.45) is 9.27. The quantitative estimate of drug-likeness (QED) is 0.396. The maximum Gasteiger partial charge on any atom is 0.0626 e. The molecule has 0 rings (SSSR count). The fraction of sp³-hybridized carbons (Fsp3) is 0.846. The van der Waals surface area contributed by atoms with Crippen molar-refractivity contribution >= 4 is 0 Å². The topological polar surface area (TPSA) is 9.23 Å². The summed E-state index contributed by atoms with van der Waals surface area (Å²) in [4.78, 5) is 0. The number of ether oxygens (including phenoxy) is 1. The highest BCUT2D eigenvalue weighted by molar-refractivity contribution is 4.70. The van der Waals surface area contributed by atoms with Crippen LogP contribution in [0.15, 0.2) is 12.7 Å². The second-order valence-electron chi connectivity index (χ2n) is 4.50. The van der Waals surface area contributed by atoms with Gasteiger partial charge in [-0.15, -0.1) is 6.58 Å². The predicted molar refractivity (Wildman–Crippen MR) is 63.6 cm³/mol. The Morgan fingerprint density at radius 2 is 1.93 bits per heavy atom. The monoisotopic (exact) mass is 198 g/mol. The fourth-order valence-corrected chi connectivity index (χ4v) is 1.47. The van der Waals surface area contributed by atoms with E-state index < -0.39 is 0 Å². The molecule has 0 aliphatic rings. The van der Waals surface area contributed by atoms with E-state index in [9.17, 15) is 0 Å². The van der Waals surface area contributed by atoms with Crippen molar-refractivity contribution in [3.8, 4) is 0 Å². The van der Waals surface area contributed by atoms with Crippen LogP contribution in [-0.2, 0) is 4.74 Å². The molecule has 0 saturated carbocycles. The Hall–Kier alpha value is -0.300. The first kappa shape index (κ1) is 13.7. The summed E-state index contributed by atoms with van der Waals surface area (Å²) in [7, 11) is 0. The van der Waals surface area contributed by atoms with Crippen LogP contribution in [0.2, 0.25) is 0 Å². The Balaban J connectivity index is 3.39. The van der Waals surface area contributed by atoms with Crippen molar-refractivity contribution in [1.82, 2.24) is 0 Å². The van der Waals surface area contributed by atoms with Crippen LogP contribution in [0.3, 0.4) is 0 Å². The van der Waals surface area contributed by atoms with Crippen LogP contribution >= 0.6 is 0 Å². The third-order valence-corrected chi connectivity index (χ3v) is 2.38. The lowest BCUT2D eigenvalue weighted by atomic mass is 10.00. The van der Waals surface area contributed by atoms with E-state index in [0.717, 1.165) is 19.4 Å². The van der Waals surface area contributed by atoms with Gasteiger partial charge >= 0.3 is 0 Å². The van der Waals surface area contributed by atoms with E-state index in [0.29, 0.717) is 0 Å². The molecule has 0 unspecified atom stereocenters. The van der Waals surface area contributed by atoms with Gasteiger partial charge in [0.25, 0.3) is 0 Å².